The second-order valence-electron chi connectivity index (χ2n) is 2.38. The highest BCUT2D eigenvalue weighted by Gasteiger charge is 2.47. The molecule has 0 heterocycles. The van der Waals surface area contributed by atoms with Gasteiger partial charge in [0.15, 0.2) is 0 Å². The van der Waals surface area contributed by atoms with Gasteiger partial charge < -0.3 is 20.4 Å². The number of Topliss-reactive ketones (excluding diaryl/α,β-unsaturated/α-hetero) is 1. The third-order valence-electron chi connectivity index (χ3n) is 1.36. The first-order chi connectivity index (χ1) is 6.21. The molecule has 0 fully saturated rings. The molecule has 4 N–H and O–H groups in total. The van der Waals surface area contributed by atoms with Crippen molar-refractivity contribution < 1.29 is 39.6 Å². The molecule has 0 aliphatic rings. The predicted molar refractivity (Wildman–Crippen MR) is 37.5 cm³/mol. The van der Waals surface area contributed by atoms with Crippen LogP contribution in [0.25, 0.3) is 0 Å². The maximum absolute atomic E-state index is 10.5. The largest absolute Gasteiger partial charge is 0.479 e. The van der Waals surface area contributed by atoms with Crippen LogP contribution in [0.1, 0.15) is 6.42 Å². The highest BCUT2D eigenvalue weighted by molar-refractivity contribution is 6.34. The number of aliphatic carboxylic acids is 3. The van der Waals surface area contributed by atoms with Crippen molar-refractivity contribution in [2.75, 3.05) is 0 Å². The predicted octanol–water partition coefficient (Wildman–Crippen LogP) is -2.07. The first kappa shape index (κ1) is 12.0. The van der Waals surface area contributed by atoms with Crippen LogP contribution in [-0.2, 0) is 19.2 Å². The molecule has 14 heavy (non-hydrogen) atoms. The van der Waals surface area contributed by atoms with E-state index in [2.05, 4.69) is 0 Å². The van der Waals surface area contributed by atoms with Gasteiger partial charge in [0.05, 0.1) is 6.42 Å². The molecule has 8 heteroatoms. The molecule has 0 bridgehead atoms. The Morgan fingerprint density at radius 1 is 0.929 bits per heavy atom. The van der Waals surface area contributed by atoms with Gasteiger partial charge in [-0.15, -0.1) is 0 Å². The van der Waals surface area contributed by atoms with Gasteiger partial charge in [0.25, 0.3) is 5.60 Å². The number of rotatable bonds is 5. The molecule has 0 aliphatic heterocycles. The second kappa shape index (κ2) is 3.83. The number of carbonyl (C=O) groups is 4. The van der Waals surface area contributed by atoms with E-state index in [1.807, 2.05) is 0 Å². The fraction of sp³-hybridized carbons (Fsp3) is 0.333. The lowest BCUT2D eigenvalue weighted by Gasteiger charge is -2.15. The lowest BCUT2D eigenvalue weighted by molar-refractivity contribution is -0.178. The van der Waals surface area contributed by atoms with Gasteiger partial charge in [-0.3, -0.25) is 4.79 Å². The number of ketones is 1. The van der Waals surface area contributed by atoms with Crippen LogP contribution in [-0.4, -0.2) is 49.7 Å². The Hall–Kier alpha value is -1.96. The second-order valence-corrected chi connectivity index (χ2v) is 2.38. The molecular formula is C6H6O8. The van der Waals surface area contributed by atoms with Crippen LogP contribution in [0.2, 0.25) is 0 Å². The van der Waals surface area contributed by atoms with Gasteiger partial charge in [-0.1, -0.05) is 0 Å². The van der Waals surface area contributed by atoms with Crippen LogP contribution in [0.5, 0.6) is 0 Å². The molecule has 0 saturated heterocycles. The molecule has 0 spiro atoms. The third-order valence-corrected chi connectivity index (χ3v) is 1.36. The summed E-state index contributed by atoms with van der Waals surface area (Å²) >= 11 is 0. The summed E-state index contributed by atoms with van der Waals surface area (Å²) in [5, 5.41) is 33.5. The van der Waals surface area contributed by atoms with E-state index >= 15 is 0 Å². The summed E-state index contributed by atoms with van der Waals surface area (Å²) in [6.07, 6.45) is -1.52. The summed E-state index contributed by atoms with van der Waals surface area (Å²) in [5.74, 6) is -8.09. The standard InChI is InChI=1S/C6H6O8/c7-2(3(8)9)1-6(14,4(10)11)5(12)13/h14H,1H2,(H,8,9)(H,10,11)(H,12,13). The van der Waals surface area contributed by atoms with E-state index in [0.717, 1.165) is 0 Å². The van der Waals surface area contributed by atoms with Crippen molar-refractivity contribution in [1.82, 2.24) is 0 Å². The molecule has 0 aromatic heterocycles. The summed E-state index contributed by atoms with van der Waals surface area (Å²) < 4.78 is 0. The van der Waals surface area contributed by atoms with Crippen molar-refractivity contribution in [2.24, 2.45) is 0 Å². The Morgan fingerprint density at radius 3 is 1.50 bits per heavy atom. The van der Waals surface area contributed by atoms with E-state index in [1.54, 1.807) is 0 Å². The normalized spacial score (nSPS) is 10.6. The topological polar surface area (TPSA) is 149 Å². The molecule has 0 aromatic carbocycles. The Kier molecular flexibility index (Phi) is 3.30. The SMILES string of the molecule is O=C(O)C(=O)CC(O)(C(=O)O)C(=O)O. The summed E-state index contributed by atoms with van der Waals surface area (Å²) in [4.78, 5) is 40.9. The van der Waals surface area contributed by atoms with Crippen molar-refractivity contribution in [3.05, 3.63) is 0 Å². The number of hydrogen-bond acceptors (Lipinski definition) is 5. The molecule has 0 aromatic rings. The highest BCUT2D eigenvalue weighted by atomic mass is 16.4. The van der Waals surface area contributed by atoms with Gasteiger partial charge in [-0.05, 0) is 0 Å². The zero-order valence-electron chi connectivity index (χ0n) is 6.63. The van der Waals surface area contributed by atoms with Crippen LogP contribution in [0.15, 0.2) is 0 Å². The molecule has 0 amide bonds. The van der Waals surface area contributed by atoms with E-state index in [4.69, 9.17) is 20.4 Å². The minimum atomic E-state index is -3.39. The minimum Gasteiger partial charge on any atom is -0.479 e. The van der Waals surface area contributed by atoms with Crippen molar-refractivity contribution in [1.29, 1.82) is 0 Å². The fourth-order valence-electron chi connectivity index (χ4n) is 0.551. The summed E-state index contributed by atoms with van der Waals surface area (Å²) in [6.45, 7) is 0. The van der Waals surface area contributed by atoms with E-state index in [0.29, 0.717) is 0 Å². The first-order valence-electron chi connectivity index (χ1n) is 3.17. The highest BCUT2D eigenvalue weighted by Crippen LogP contribution is 2.11. The lowest BCUT2D eigenvalue weighted by Crippen LogP contribution is -2.49. The maximum Gasteiger partial charge on any atom is 0.372 e. The van der Waals surface area contributed by atoms with E-state index < -0.39 is 35.7 Å². The molecule has 8 nitrogen and oxygen atoms in total. The average molecular weight is 206 g/mol. The molecule has 0 rings (SSSR count). The minimum absolute atomic E-state index is 1.52. The Morgan fingerprint density at radius 2 is 1.29 bits per heavy atom. The smallest absolute Gasteiger partial charge is 0.372 e. The number of aliphatic hydroxyl groups is 1. The quantitative estimate of drug-likeness (QED) is 0.296. The Bertz CT molecular complexity index is 289. The van der Waals surface area contributed by atoms with Gasteiger partial charge in [-0.2, -0.15) is 0 Å². The molecule has 0 radical (unpaired) electrons. The first-order valence-corrected chi connectivity index (χ1v) is 3.17. The number of carboxylic acids is 3. The van der Waals surface area contributed by atoms with Crippen LogP contribution in [0.4, 0.5) is 0 Å². The van der Waals surface area contributed by atoms with E-state index in [1.165, 1.54) is 0 Å². The van der Waals surface area contributed by atoms with Crippen molar-refractivity contribution in [3.8, 4) is 0 Å². The zero-order valence-corrected chi connectivity index (χ0v) is 6.63. The summed E-state index contributed by atoms with van der Waals surface area (Å²) in [7, 11) is 0. The fourth-order valence-corrected chi connectivity index (χ4v) is 0.551. The van der Waals surface area contributed by atoms with Crippen LogP contribution < -0.4 is 0 Å². The van der Waals surface area contributed by atoms with Crippen molar-refractivity contribution >= 4 is 23.7 Å². The third kappa shape index (κ3) is 2.26. The summed E-state index contributed by atoms with van der Waals surface area (Å²) in [6, 6.07) is 0. The van der Waals surface area contributed by atoms with Gasteiger partial charge in [0.1, 0.15) is 0 Å². The molecule has 0 atom stereocenters. The van der Waals surface area contributed by atoms with Gasteiger partial charge in [0, 0.05) is 0 Å². The van der Waals surface area contributed by atoms with Crippen LogP contribution in [0.3, 0.4) is 0 Å². The zero-order chi connectivity index (χ0) is 11.5. The molecule has 0 aliphatic carbocycles. The molecular weight excluding hydrogens is 200 g/mol. The van der Waals surface area contributed by atoms with Crippen LogP contribution in [0, 0.1) is 0 Å². The van der Waals surface area contributed by atoms with E-state index in [-0.39, 0.29) is 0 Å². The van der Waals surface area contributed by atoms with Gasteiger partial charge in [-0.25, -0.2) is 14.4 Å². The number of carboxylic acid groups (broad SMARTS) is 3. The summed E-state index contributed by atoms with van der Waals surface area (Å²) in [5.41, 5.74) is -3.39. The lowest BCUT2D eigenvalue weighted by atomic mass is 9.97. The Labute approximate surface area is 76.4 Å². The van der Waals surface area contributed by atoms with Gasteiger partial charge >= 0.3 is 17.9 Å². The monoisotopic (exact) mass is 206 g/mol. The Balaban J connectivity index is 4.89. The van der Waals surface area contributed by atoms with Crippen molar-refractivity contribution in [2.45, 2.75) is 12.0 Å². The van der Waals surface area contributed by atoms with Crippen LogP contribution >= 0.6 is 0 Å². The molecule has 78 valence electrons. The average Bonchev–Trinajstić information content (AvgIpc) is 2.02. The number of carbonyl (C=O) groups excluding carboxylic acids is 1. The van der Waals surface area contributed by atoms with Crippen molar-refractivity contribution in [3.63, 3.8) is 0 Å². The number of hydrogen-bond donors (Lipinski definition) is 4. The maximum atomic E-state index is 10.5. The van der Waals surface area contributed by atoms with E-state index in [9.17, 15) is 19.2 Å². The van der Waals surface area contributed by atoms with Gasteiger partial charge in [0.2, 0.25) is 5.78 Å². The molecule has 0 unspecified atom stereocenters. The molecule has 0 saturated carbocycles.